The van der Waals surface area contributed by atoms with E-state index in [0.29, 0.717) is 6.61 Å². The minimum atomic E-state index is -4.49. The van der Waals surface area contributed by atoms with Crippen LogP contribution in [0.2, 0.25) is 0 Å². The Hall–Kier alpha value is -0.880. The van der Waals surface area contributed by atoms with Gasteiger partial charge in [-0.2, -0.15) is 13.2 Å². The van der Waals surface area contributed by atoms with Gasteiger partial charge in [0.25, 0.3) is 0 Å². The summed E-state index contributed by atoms with van der Waals surface area (Å²) in [4.78, 5) is 11.6. The Morgan fingerprint density at radius 1 is 1.39 bits per heavy atom. The molecule has 0 atom stereocenters. The van der Waals surface area contributed by atoms with Gasteiger partial charge in [-0.15, -0.1) is 0 Å². The number of hydrogen-bond acceptors (Lipinski definition) is 2. The molecule has 0 aliphatic carbocycles. The lowest BCUT2D eigenvalue weighted by Crippen LogP contribution is -2.12. The molecule has 2 nitrogen and oxygen atoms in total. The van der Waals surface area contributed by atoms with Gasteiger partial charge in [0.1, 0.15) is 6.61 Å². The zero-order valence-electron chi connectivity index (χ0n) is 9.68. The summed E-state index contributed by atoms with van der Waals surface area (Å²) in [5.41, 5.74) is -0.856. The number of carbonyl (C=O) groups excluding carboxylic acids is 1. The number of halogens is 4. The molecule has 0 N–H and O–H groups in total. The van der Waals surface area contributed by atoms with Gasteiger partial charge in [0, 0.05) is 16.6 Å². The number of Topliss-reactive ketones (excluding diaryl/α,β-unsaturated/α-hetero) is 1. The summed E-state index contributed by atoms with van der Waals surface area (Å²) < 4.78 is 42.8. The van der Waals surface area contributed by atoms with Gasteiger partial charge in [0.2, 0.25) is 0 Å². The van der Waals surface area contributed by atoms with Gasteiger partial charge < -0.3 is 4.74 Å². The van der Waals surface area contributed by atoms with Crippen molar-refractivity contribution in [3.05, 3.63) is 33.8 Å². The fourth-order valence-electron chi connectivity index (χ4n) is 1.31. The Morgan fingerprint density at radius 3 is 2.61 bits per heavy atom. The Morgan fingerprint density at radius 2 is 2.06 bits per heavy atom. The van der Waals surface area contributed by atoms with E-state index in [1.165, 1.54) is 12.1 Å². The van der Waals surface area contributed by atoms with Crippen LogP contribution in [0.4, 0.5) is 13.2 Å². The Bertz CT molecular complexity index is 430. The third-order valence-corrected chi connectivity index (χ3v) is 2.87. The molecule has 0 aliphatic rings. The van der Waals surface area contributed by atoms with Crippen molar-refractivity contribution in [2.45, 2.75) is 19.5 Å². The van der Waals surface area contributed by atoms with Crippen LogP contribution >= 0.6 is 15.9 Å². The summed E-state index contributed by atoms with van der Waals surface area (Å²) in [5, 5.41) is 0. The molecule has 18 heavy (non-hydrogen) atoms. The number of rotatable bonds is 5. The molecule has 0 saturated carbocycles. The van der Waals surface area contributed by atoms with Crippen LogP contribution in [0.15, 0.2) is 22.7 Å². The Labute approximate surface area is 111 Å². The first-order valence-corrected chi connectivity index (χ1v) is 6.13. The Kier molecular flexibility index (Phi) is 5.34. The van der Waals surface area contributed by atoms with E-state index in [1.807, 2.05) is 6.92 Å². The van der Waals surface area contributed by atoms with Crippen LogP contribution in [0.5, 0.6) is 0 Å². The van der Waals surface area contributed by atoms with E-state index in [4.69, 9.17) is 4.74 Å². The second-order valence-corrected chi connectivity index (χ2v) is 4.52. The highest BCUT2D eigenvalue weighted by Crippen LogP contribution is 2.35. The highest BCUT2D eigenvalue weighted by atomic mass is 79.9. The average Bonchev–Trinajstić information content (AvgIpc) is 2.28. The van der Waals surface area contributed by atoms with Crippen LogP contribution in [-0.2, 0) is 10.9 Å². The molecular weight excluding hydrogens is 313 g/mol. The van der Waals surface area contributed by atoms with Crippen molar-refractivity contribution in [3.63, 3.8) is 0 Å². The standard InChI is InChI=1S/C12H12BrF3O2/c1-2-5-18-7-11(17)8-3-4-10(13)9(6-8)12(14,15)16/h3-4,6H,2,5,7H2,1H3. The van der Waals surface area contributed by atoms with Crippen molar-refractivity contribution in [1.82, 2.24) is 0 Å². The van der Waals surface area contributed by atoms with Crippen molar-refractivity contribution < 1.29 is 22.7 Å². The SMILES string of the molecule is CCCOCC(=O)c1ccc(Br)c(C(F)(F)F)c1. The van der Waals surface area contributed by atoms with Gasteiger partial charge in [-0.3, -0.25) is 4.79 Å². The number of hydrogen-bond donors (Lipinski definition) is 0. The molecule has 0 saturated heterocycles. The molecule has 0 spiro atoms. The van der Waals surface area contributed by atoms with E-state index in [0.717, 1.165) is 12.5 Å². The van der Waals surface area contributed by atoms with Crippen LogP contribution in [0.3, 0.4) is 0 Å². The molecule has 0 aromatic heterocycles. The molecule has 0 aliphatic heterocycles. The molecule has 1 aromatic carbocycles. The maximum absolute atomic E-state index is 12.6. The predicted molar refractivity (Wildman–Crippen MR) is 64.6 cm³/mol. The lowest BCUT2D eigenvalue weighted by atomic mass is 10.1. The van der Waals surface area contributed by atoms with E-state index < -0.39 is 17.5 Å². The third kappa shape index (κ3) is 4.10. The number of ether oxygens (including phenoxy) is 1. The first-order chi connectivity index (χ1) is 8.36. The fourth-order valence-corrected chi connectivity index (χ4v) is 1.78. The highest BCUT2D eigenvalue weighted by molar-refractivity contribution is 9.10. The molecule has 1 aromatic rings. The van der Waals surface area contributed by atoms with Crippen molar-refractivity contribution >= 4 is 21.7 Å². The summed E-state index contributed by atoms with van der Waals surface area (Å²) in [6.45, 7) is 2.09. The topological polar surface area (TPSA) is 26.3 Å². The van der Waals surface area contributed by atoms with Crippen LogP contribution < -0.4 is 0 Å². The molecule has 6 heteroatoms. The van der Waals surface area contributed by atoms with Crippen molar-refractivity contribution in [1.29, 1.82) is 0 Å². The van der Waals surface area contributed by atoms with Crippen molar-refractivity contribution in [3.8, 4) is 0 Å². The summed E-state index contributed by atoms with van der Waals surface area (Å²) in [6, 6.07) is 3.40. The first kappa shape index (κ1) is 15.2. The second kappa shape index (κ2) is 6.33. The van der Waals surface area contributed by atoms with Crippen LogP contribution in [0, 0.1) is 0 Å². The molecule has 0 amide bonds. The van der Waals surface area contributed by atoms with E-state index in [-0.39, 0.29) is 16.6 Å². The quantitative estimate of drug-likeness (QED) is 0.602. The van der Waals surface area contributed by atoms with Crippen LogP contribution in [0.25, 0.3) is 0 Å². The zero-order chi connectivity index (χ0) is 13.8. The molecule has 1 rings (SSSR count). The van der Waals surface area contributed by atoms with Crippen molar-refractivity contribution in [2.75, 3.05) is 13.2 Å². The van der Waals surface area contributed by atoms with Gasteiger partial charge >= 0.3 is 6.18 Å². The minimum absolute atomic E-state index is 0.00151. The number of carbonyl (C=O) groups is 1. The maximum atomic E-state index is 12.6. The molecule has 0 unspecified atom stereocenters. The lowest BCUT2D eigenvalue weighted by Gasteiger charge is -2.10. The lowest BCUT2D eigenvalue weighted by molar-refractivity contribution is -0.138. The second-order valence-electron chi connectivity index (χ2n) is 3.67. The molecular formula is C12H12BrF3O2. The van der Waals surface area contributed by atoms with Gasteiger partial charge in [-0.25, -0.2) is 0 Å². The summed E-state index contributed by atoms with van der Waals surface area (Å²) in [6.07, 6.45) is -3.74. The maximum Gasteiger partial charge on any atom is 0.417 e. The monoisotopic (exact) mass is 324 g/mol. The van der Waals surface area contributed by atoms with Crippen LogP contribution in [-0.4, -0.2) is 19.0 Å². The number of alkyl halides is 3. The third-order valence-electron chi connectivity index (χ3n) is 2.18. The summed E-state index contributed by atoms with van der Waals surface area (Å²) in [5.74, 6) is -0.457. The van der Waals surface area contributed by atoms with Gasteiger partial charge in [-0.05, 0) is 18.6 Å². The molecule has 0 fully saturated rings. The van der Waals surface area contributed by atoms with E-state index in [1.54, 1.807) is 0 Å². The first-order valence-electron chi connectivity index (χ1n) is 5.34. The van der Waals surface area contributed by atoms with E-state index >= 15 is 0 Å². The van der Waals surface area contributed by atoms with Crippen LogP contribution in [0.1, 0.15) is 29.3 Å². The normalized spacial score (nSPS) is 11.6. The van der Waals surface area contributed by atoms with Gasteiger partial charge in [0.15, 0.2) is 5.78 Å². The van der Waals surface area contributed by atoms with E-state index in [2.05, 4.69) is 15.9 Å². The van der Waals surface area contributed by atoms with E-state index in [9.17, 15) is 18.0 Å². The molecule has 0 heterocycles. The molecule has 100 valence electrons. The predicted octanol–water partition coefficient (Wildman–Crippen LogP) is 4.08. The Balaban J connectivity index is 2.88. The minimum Gasteiger partial charge on any atom is -0.373 e. The zero-order valence-corrected chi connectivity index (χ0v) is 11.3. The molecule has 0 radical (unpaired) electrons. The van der Waals surface area contributed by atoms with Gasteiger partial charge in [-0.1, -0.05) is 28.9 Å². The molecule has 0 bridgehead atoms. The summed E-state index contributed by atoms with van der Waals surface area (Å²) >= 11 is 2.82. The fraction of sp³-hybridized carbons (Fsp3) is 0.417. The number of ketones is 1. The van der Waals surface area contributed by atoms with Gasteiger partial charge in [0.05, 0.1) is 5.56 Å². The average molecular weight is 325 g/mol. The summed E-state index contributed by atoms with van der Waals surface area (Å²) in [7, 11) is 0. The van der Waals surface area contributed by atoms with Crippen molar-refractivity contribution in [2.24, 2.45) is 0 Å². The largest absolute Gasteiger partial charge is 0.417 e. The highest BCUT2D eigenvalue weighted by Gasteiger charge is 2.33. The smallest absolute Gasteiger partial charge is 0.373 e. The number of benzene rings is 1.